The van der Waals surface area contributed by atoms with E-state index in [9.17, 15) is 9.59 Å². The molecule has 2 amide bonds. The van der Waals surface area contributed by atoms with E-state index in [1.165, 1.54) is 10.4 Å². The van der Waals surface area contributed by atoms with Crippen LogP contribution in [-0.4, -0.2) is 16.8 Å². The fourth-order valence-corrected chi connectivity index (χ4v) is 5.30. The van der Waals surface area contributed by atoms with Crippen LogP contribution in [0.15, 0.2) is 97.2 Å². The first-order valence-corrected chi connectivity index (χ1v) is 11.1. The number of nitrogens with zero attached hydrogens (tertiary/aromatic N) is 2. The first kappa shape index (κ1) is 18.7. The van der Waals surface area contributed by atoms with Gasteiger partial charge >= 0.3 is 0 Å². The summed E-state index contributed by atoms with van der Waals surface area (Å²) in [6.45, 7) is 0. The smallest absolute Gasteiger partial charge is 0.267 e. The summed E-state index contributed by atoms with van der Waals surface area (Å²) in [5.41, 5.74) is 3.22. The van der Waals surface area contributed by atoms with Crippen molar-refractivity contribution in [3.63, 3.8) is 0 Å². The molecule has 0 bridgehead atoms. The van der Waals surface area contributed by atoms with Crippen molar-refractivity contribution in [3.05, 3.63) is 108 Å². The molecule has 1 aliphatic heterocycles. The standard InChI is InChI=1S/C27H16N2O2S/c30-26-20-10-6-9-19-18(23-15-14-22(32-23)17-7-2-1-3-8-17)12-13-21(25(19)20)27(31)29(26)24-11-4-5-16-28-24/h1-16H. The van der Waals surface area contributed by atoms with Gasteiger partial charge in [0, 0.05) is 32.5 Å². The van der Waals surface area contributed by atoms with Crippen LogP contribution < -0.4 is 4.90 Å². The number of benzene rings is 3. The highest BCUT2D eigenvalue weighted by Crippen LogP contribution is 2.41. The lowest BCUT2D eigenvalue weighted by Crippen LogP contribution is -2.40. The molecule has 6 rings (SSSR count). The van der Waals surface area contributed by atoms with Gasteiger partial charge in [0.05, 0.1) is 0 Å². The van der Waals surface area contributed by atoms with Crippen molar-refractivity contribution in [3.8, 4) is 20.9 Å². The number of pyridine rings is 1. The summed E-state index contributed by atoms with van der Waals surface area (Å²) in [6, 6.07) is 29.1. The minimum atomic E-state index is -0.347. The molecule has 0 N–H and O–H groups in total. The second kappa shape index (κ2) is 7.25. The highest BCUT2D eigenvalue weighted by Gasteiger charge is 2.35. The second-order valence-electron chi connectivity index (χ2n) is 7.55. The number of hydrogen-bond donors (Lipinski definition) is 0. The molecule has 0 saturated heterocycles. The number of amides is 2. The Morgan fingerprint density at radius 1 is 0.625 bits per heavy atom. The van der Waals surface area contributed by atoms with Gasteiger partial charge in [-0.2, -0.15) is 0 Å². The van der Waals surface area contributed by atoms with Gasteiger partial charge in [0.25, 0.3) is 11.8 Å². The van der Waals surface area contributed by atoms with Gasteiger partial charge in [0.1, 0.15) is 5.82 Å². The van der Waals surface area contributed by atoms with Gasteiger partial charge < -0.3 is 0 Å². The highest BCUT2D eigenvalue weighted by atomic mass is 32.1. The van der Waals surface area contributed by atoms with Crippen molar-refractivity contribution in [2.75, 3.05) is 4.90 Å². The van der Waals surface area contributed by atoms with E-state index in [2.05, 4.69) is 29.2 Å². The van der Waals surface area contributed by atoms with Crippen LogP contribution in [0.5, 0.6) is 0 Å². The molecule has 0 radical (unpaired) electrons. The summed E-state index contributed by atoms with van der Waals surface area (Å²) in [4.78, 5) is 34.3. The summed E-state index contributed by atoms with van der Waals surface area (Å²) < 4.78 is 0. The number of rotatable bonds is 3. The lowest BCUT2D eigenvalue weighted by Gasteiger charge is -2.26. The largest absolute Gasteiger partial charge is 0.268 e. The molecule has 5 aromatic rings. The third kappa shape index (κ3) is 2.79. The van der Waals surface area contributed by atoms with E-state index in [-0.39, 0.29) is 11.8 Å². The first-order chi connectivity index (χ1) is 15.7. The predicted molar refractivity (Wildman–Crippen MR) is 128 cm³/mol. The quantitative estimate of drug-likeness (QED) is 0.309. The van der Waals surface area contributed by atoms with Crippen molar-refractivity contribution >= 4 is 39.7 Å². The number of imide groups is 1. The fourth-order valence-electron chi connectivity index (χ4n) is 4.25. The van der Waals surface area contributed by atoms with Crippen molar-refractivity contribution in [2.45, 2.75) is 0 Å². The molecule has 0 saturated carbocycles. The number of hydrogen-bond acceptors (Lipinski definition) is 4. The number of anilines is 1. The van der Waals surface area contributed by atoms with Gasteiger partial charge in [0.15, 0.2) is 0 Å². The van der Waals surface area contributed by atoms with Crippen LogP contribution in [0, 0.1) is 0 Å². The maximum atomic E-state index is 13.3. The van der Waals surface area contributed by atoms with E-state index in [1.807, 2.05) is 42.5 Å². The Morgan fingerprint density at radius 2 is 1.34 bits per heavy atom. The zero-order chi connectivity index (χ0) is 21.7. The topological polar surface area (TPSA) is 50.3 Å². The lowest BCUT2D eigenvalue weighted by atomic mass is 9.91. The number of carbonyl (C=O) groups excluding carboxylic acids is 2. The zero-order valence-electron chi connectivity index (χ0n) is 16.9. The number of thiophene rings is 1. The second-order valence-corrected chi connectivity index (χ2v) is 8.64. The monoisotopic (exact) mass is 432 g/mol. The van der Waals surface area contributed by atoms with E-state index in [1.54, 1.807) is 41.8 Å². The minimum Gasteiger partial charge on any atom is -0.268 e. The average molecular weight is 433 g/mol. The molecule has 1 aliphatic rings. The Bertz CT molecular complexity index is 1490. The van der Waals surface area contributed by atoms with E-state index in [4.69, 9.17) is 0 Å². The van der Waals surface area contributed by atoms with Gasteiger partial charge in [-0.05, 0) is 52.9 Å². The van der Waals surface area contributed by atoms with Crippen LogP contribution in [0.3, 0.4) is 0 Å². The summed E-state index contributed by atoms with van der Waals surface area (Å²) in [5.74, 6) is -0.361. The Balaban J connectivity index is 1.51. The number of carbonyl (C=O) groups is 2. The molecule has 3 aromatic carbocycles. The Hall–Kier alpha value is -4.09. The summed E-state index contributed by atoms with van der Waals surface area (Å²) in [7, 11) is 0. The van der Waals surface area contributed by atoms with Crippen molar-refractivity contribution in [1.29, 1.82) is 0 Å². The van der Waals surface area contributed by atoms with Gasteiger partial charge in [-0.1, -0.05) is 54.6 Å². The van der Waals surface area contributed by atoms with Crippen LogP contribution in [-0.2, 0) is 0 Å². The third-order valence-corrected chi connectivity index (χ3v) is 6.88. The van der Waals surface area contributed by atoms with Gasteiger partial charge in [-0.15, -0.1) is 11.3 Å². The highest BCUT2D eigenvalue weighted by molar-refractivity contribution is 7.18. The zero-order valence-corrected chi connectivity index (χ0v) is 17.7. The summed E-state index contributed by atoms with van der Waals surface area (Å²) >= 11 is 1.70. The van der Waals surface area contributed by atoms with E-state index < -0.39 is 0 Å². The number of aromatic nitrogens is 1. The average Bonchev–Trinajstić information content (AvgIpc) is 3.34. The molecule has 3 heterocycles. The molecule has 4 nitrogen and oxygen atoms in total. The van der Waals surface area contributed by atoms with Crippen LogP contribution in [0.25, 0.3) is 31.7 Å². The molecule has 0 spiro atoms. The Labute approximate surface area is 188 Å². The van der Waals surface area contributed by atoms with E-state index in [0.717, 1.165) is 20.7 Å². The third-order valence-electron chi connectivity index (χ3n) is 5.72. The summed E-state index contributed by atoms with van der Waals surface area (Å²) in [6.07, 6.45) is 1.58. The van der Waals surface area contributed by atoms with E-state index in [0.29, 0.717) is 22.3 Å². The Morgan fingerprint density at radius 3 is 2.12 bits per heavy atom. The maximum absolute atomic E-state index is 13.3. The molecule has 0 fully saturated rings. The Kier molecular flexibility index (Phi) is 4.23. The minimum absolute atomic E-state index is 0.333. The van der Waals surface area contributed by atoms with Crippen LogP contribution in [0.4, 0.5) is 5.82 Å². The van der Waals surface area contributed by atoms with Gasteiger partial charge in [0.2, 0.25) is 0 Å². The normalized spacial score (nSPS) is 13.1. The van der Waals surface area contributed by atoms with Crippen molar-refractivity contribution in [1.82, 2.24) is 4.98 Å². The molecule has 0 aliphatic carbocycles. The molecule has 0 atom stereocenters. The molecule has 2 aromatic heterocycles. The molecular formula is C27H16N2O2S. The van der Waals surface area contributed by atoms with Gasteiger partial charge in [-0.3, -0.25) is 9.59 Å². The SMILES string of the molecule is O=C1c2cccc3c(-c4ccc(-c5ccccc5)s4)ccc(c23)C(=O)N1c1ccccn1. The maximum Gasteiger partial charge on any atom is 0.267 e. The molecule has 32 heavy (non-hydrogen) atoms. The van der Waals surface area contributed by atoms with Gasteiger partial charge in [-0.25, -0.2) is 9.88 Å². The molecule has 152 valence electrons. The van der Waals surface area contributed by atoms with Crippen molar-refractivity contribution < 1.29 is 9.59 Å². The van der Waals surface area contributed by atoms with Crippen LogP contribution >= 0.6 is 11.3 Å². The molecule has 5 heteroatoms. The molecular weight excluding hydrogens is 416 g/mol. The van der Waals surface area contributed by atoms with Crippen LogP contribution in [0.2, 0.25) is 0 Å². The fraction of sp³-hybridized carbons (Fsp3) is 0. The van der Waals surface area contributed by atoms with Crippen molar-refractivity contribution in [2.24, 2.45) is 0 Å². The first-order valence-electron chi connectivity index (χ1n) is 10.2. The van der Waals surface area contributed by atoms with E-state index >= 15 is 0 Å². The predicted octanol–water partition coefficient (Wildman–Crippen LogP) is 6.43. The summed E-state index contributed by atoms with van der Waals surface area (Å²) in [5, 5.41) is 1.62. The molecule has 0 unspecified atom stereocenters. The van der Waals surface area contributed by atoms with Crippen LogP contribution in [0.1, 0.15) is 20.7 Å². The lowest BCUT2D eigenvalue weighted by molar-refractivity contribution is 0.0892.